The highest BCUT2D eigenvalue weighted by molar-refractivity contribution is 7.86. The highest BCUT2D eigenvalue weighted by atomic mass is 32.2. The zero-order valence-electron chi connectivity index (χ0n) is 19.6. The molecule has 0 spiro atoms. The van der Waals surface area contributed by atoms with Gasteiger partial charge in [-0.2, -0.15) is 32.0 Å². The summed E-state index contributed by atoms with van der Waals surface area (Å²) in [6, 6.07) is 10.1. The third-order valence-corrected chi connectivity index (χ3v) is 7.20. The predicted octanol–water partition coefficient (Wildman–Crippen LogP) is 2.59. The topological polar surface area (TPSA) is 174 Å². The van der Waals surface area contributed by atoms with Crippen molar-refractivity contribution in [1.29, 1.82) is 0 Å². The molecule has 0 aliphatic carbocycles. The first-order chi connectivity index (χ1) is 17.9. The standard InChI is InChI=1S/C24H20N4O8S2/c1-16-22(24(30)28(26-16)19-9-13-21(14-10-19)38(34,35)36)6-4-2-3-5-17-15-25-27(23(17)29)18-7-11-20(12-8-18)37(31,32)33/h2-15,17H,1H3,(H,31,32,33)(H,34,35,36)/b4-2-,5-3-,22-6-/t17-/m1/s1. The Kier molecular flexibility index (Phi) is 7.24. The van der Waals surface area contributed by atoms with Crippen molar-refractivity contribution >= 4 is 55.4 Å². The van der Waals surface area contributed by atoms with Crippen LogP contribution in [0.5, 0.6) is 0 Å². The summed E-state index contributed by atoms with van der Waals surface area (Å²) in [5, 5.41) is 10.5. The Bertz CT molecular complexity index is 1650. The van der Waals surface area contributed by atoms with Crippen molar-refractivity contribution in [3.63, 3.8) is 0 Å². The van der Waals surface area contributed by atoms with Crippen LogP contribution in [0.3, 0.4) is 0 Å². The molecule has 2 heterocycles. The fraction of sp³-hybridized carbons (Fsp3) is 0.0833. The Morgan fingerprint density at radius 1 is 0.789 bits per heavy atom. The molecule has 4 rings (SSSR count). The number of benzene rings is 2. The van der Waals surface area contributed by atoms with E-state index in [0.717, 1.165) is 22.2 Å². The van der Waals surface area contributed by atoms with E-state index in [2.05, 4.69) is 10.2 Å². The van der Waals surface area contributed by atoms with Crippen LogP contribution < -0.4 is 10.0 Å². The van der Waals surface area contributed by atoms with Crippen molar-refractivity contribution in [1.82, 2.24) is 0 Å². The van der Waals surface area contributed by atoms with E-state index in [-0.39, 0.29) is 15.7 Å². The molecule has 2 aliphatic heterocycles. The maximum Gasteiger partial charge on any atom is 0.294 e. The lowest BCUT2D eigenvalue weighted by atomic mass is 10.1. The molecule has 2 aliphatic rings. The van der Waals surface area contributed by atoms with Crippen LogP contribution in [0.4, 0.5) is 11.4 Å². The highest BCUT2D eigenvalue weighted by Gasteiger charge is 2.29. The van der Waals surface area contributed by atoms with Crippen LogP contribution in [-0.4, -0.2) is 49.7 Å². The first kappa shape index (κ1) is 26.8. The summed E-state index contributed by atoms with van der Waals surface area (Å²) in [4.78, 5) is 24.8. The van der Waals surface area contributed by atoms with Crippen LogP contribution in [0.15, 0.2) is 104 Å². The molecule has 0 fully saturated rings. The average molecular weight is 557 g/mol. The van der Waals surface area contributed by atoms with E-state index in [1.54, 1.807) is 37.3 Å². The fourth-order valence-corrected chi connectivity index (χ4v) is 4.49. The molecule has 196 valence electrons. The van der Waals surface area contributed by atoms with E-state index in [9.17, 15) is 26.4 Å². The SMILES string of the molecule is CC1=NN(c2ccc(S(=O)(=O)O)cc2)C(=O)\C1=C/C=C\C=C/[C@@H]1C=NN(c2ccc(S(=O)(=O)O)cc2)C1=O. The van der Waals surface area contributed by atoms with Crippen LogP contribution in [0.2, 0.25) is 0 Å². The van der Waals surface area contributed by atoms with Gasteiger partial charge in [0.15, 0.2) is 0 Å². The molecule has 1 atom stereocenters. The number of carbonyl (C=O) groups is 2. The lowest BCUT2D eigenvalue weighted by Crippen LogP contribution is -2.24. The van der Waals surface area contributed by atoms with Crippen LogP contribution in [0.25, 0.3) is 0 Å². The molecule has 0 aromatic heterocycles. The fourth-order valence-electron chi connectivity index (χ4n) is 3.53. The van der Waals surface area contributed by atoms with Crippen molar-refractivity contribution in [2.75, 3.05) is 10.0 Å². The molecular formula is C24H20N4O8S2. The quantitative estimate of drug-likeness (QED) is 0.297. The Labute approximate surface area is 218 Å². The number of anilines is 2. The Morgan fingerprint density at radius 3 is 1.84 bits per heavy atom. The van der Waals surface area contributed by atoms with Crippen molar-refractivity contribution in [3.05, 3.63) is 84.5 Å². The lowest BCUT2D eigenvalue weighted by molar-refractivity contribution is -0.118. The number of rotatable bonds is 7. The van der Waals surface area contributed by atoms with Gasteiger partial charge < -0.3 is 0 Å². The number of hydrazone groups is 2. The second-order valence-corrected chi connectivity index (χ2v) is 10.9. The third kappa shape index (κ3) is 5.68. The normalized spacial score (nSPS) is 19.5. The van der Waals surface area contributed by atoms with Crippen LogP contribution in [0.1, 0.15) is 6.92 Å². The van der Waals surface area contributed by atoms with Gasteiger partial charge in [0.1, 0.15) is 0 Å². The number of amides is 2. The lowest BCUT2D eigenvalue weighted by Gasteiger charge is -2.13. The molecule has 14 heteroatoms. The molecule has 0 saturated heterocycles. The van der Waals surface area contributed by atoms with E-state index in [1.807, 2.05) is 0 Å². The molecule has 2 aromatic carbocycles. The first-order valence-electron chi connectivity index (χ1n) is 10.8. The minimum atomic E-state index is -4.36. The van der Waals surface area contributed by atoms with Crippen molar-refractivity contribution in [2.45, 2.75) is 16.7 Å². The summed E-state index contributed by atoms with van der Waals surface area (Å²) >= 11 is 0. The second kappa shape index (κ2) is 10.3. The zero-order valence-corrected chi connectivity index (χ0v) is 21.2. The van der Waals surface area contributed by atoms with Gasteiger partial charge in [0, 0.05) is 6.21 Å². The van der Waals surface area contributed by atoms with Gasteiger partial charge in [-0.15, -0.1) is 0 Å². The number of carbonyl (C=O) groups excluding carboxylic acids is 2. The smallest absolute Gasteiger partial charge is 0.282 e. The predicted molar refractivity (Wildman–Crippen MR) is 139 cm³/mol. The largest absolute Gasteiger partial charge is 0.294 e. The maximum absolute atomic E-state index is 12.8. The molecule has 2 aromatic rings. The van der Waals surface area contributed by atoms with Crippen molar-refractivity contribution in [2.24, 2.45) is 16.1 Å². The average Bonchev–Trinajstić information content (AvgIpc) is 3.36. The van der Waals surface area contributed by atoms with Crippen LogP contribution in [-0.2, 0) is 29.8 Å². The molecule has 38 heavy (non-hydrogen) atoms. The van der Waals surface area contributed by atoms with Gasteiger partial charge >= 0.3 is 0 Å². The van der Waals surface area contributed by atoms with Gasteiger partial charge in [0.05, 0.1) is 38.4 Å². The summed E-state index contributed by atoms with van der Waals surface area (Å²) in [5.74, 6) is -1.45. The summed E-state index contributed by atoms with van der Waals surface area (Å²) in [5.41, 5.74) is 1.41. The number of allylic oxidation sites excluding steroid dienone is 4. The third-order valence-electron chi connectivity index (χ3n) is 5.46. The molecule has 12 nitrogen and oxygen atoms in total. The second-order valence-electron chi connectivity index (χ2n) is 8.03. The van der Waals surface area contributed by atoms with Crippen molar-refractivity contribution < 1.29 is 35.5 Å². The molecule has 2 amide bonds. The summed E-state index contributed by atoms with van der Waals surface area (Å²) in [6.45, 7) is 1.64. The number of hydrogen-bond donors (Lipinski definition) is 2. The number of hydrogen-bond acceptors (Lipinski definition) is 8. The molecule has 0 unspecified atom stereocenters. The van der Waals surface area contributed by atoms with Gasteiger partial charge in [0.2, 0.25) is 0 Å². The van der Waals surface area contributed by atoms with Gasteiger partial charge in [-0.05, 0) is 61.5 Å². The molecule has 0 saturated carbocycles. The van der Waals surface area contributed by atoms with E-state index in [0.29, 0.717) is 22.7 Å². The Morgan fingerprint density at radius 2 is 1.32 bits per heavy atom. The van der Waals surface area contributed by atoms with E-state index < -0.39 is 32.1 Å². The highest BCUT2D eigenvalue weighted by Crippen LogP contribution is 2.26. The Balaban J connectivity index is 1.38. The Hall–Kier alpha value is -4.24. The molecular weight excluding hydrogens is 536 g/mol. The van der Waals surface area contributed by atoms with E-state index in [1.165, 1.54) is 42.6 Å². The van der Waals surface area contributed by atoms with Gasteiger partial charge in [-0.1, -0.05) is 24.3 Å². The van der Waals surface area contributed by atoms with E-state index in [4.69, 9.17) is 9.11 Å². The summed E-state index contributed by atoms with van der Waals surface area (Å²) in [6.07, 6.45) is 9.37. The molecule has 0 radical (unpaired) electrons. The van der Waals surface area contributed by atoms with Gasteiger partial charge in [0.25, 0.3) is 32.1 Å². The maximum atomic E-state index is 12.8. The van der Waals surface area contributed by atoms with Crippen LogP contribution in [0, 0.1) is 5.92 Å². The van der Waals surface area contributed by atoms with Gasteiger partial charge in [-0.3, -0.25) is 18.7 Å². The first-order valence-corrected chi connectivity index (χ1v) is 13.7. The van der Waals surface area contributed by atoms with Crippen LogP contribution >= 0.6 is 0 Å². The zero-order chi connectivity index (χ0) is 27.7. The summed E-state index contributed by atoms with van der Waals surface area (Å²) in [7, 11) is -8.70. The summed E-state index contributed by atoms with van der Waals surface area (Å²) < 4.78 is 62.9. The monoisotopic (exact) mass is 556 g/mol. The van der Waals surface area contributed by atoms with Gasteiger partial charge in [-0.25, -0.2) is 5.01 Å². The minimum Gasteiger partial charge on any atom is -0.282 e. The molecule has 0 bridgehead atoms. The van der Waals surface area contributed by atoms with Crippen molar-refractivity contribution in [3.8, 4) is 0 Å². The van der Waals surface area contributed by atoms with E-state index >= 15 is 0 Å². The number of nitrogens with zero attached hydrogens (tertiary/aromatic N) is 4. The molecule has 2 N–H and O–H groups in total. The minimum absolute atomic E-state index is 0.299.